The summed E-state index contributed by atoms with van der Waals surface area (Å²) < 4.78 is 69.5. The molecule has 6 aliphatic heterocycles. The first-order valence-corrected chi connectivity index (χ1v) is 32.9. The average Bonchev–Trinajstić information content (AvgIpc) is 1.31. The minimum atomic E-state index is -5.81. The van der Waals surface area contributed by atoms with Crippen molar-refractivity contribution < 1.29 is 90.1 Å². The number of nitrogens with one attached hydrogen (secondary N) is 2. The van der Waals surface area contributed by atoms with E-state index in [1.807, 2.05) is 0 Å². The Morgan fingerprint density at radius 3 is 2.43 bits per heavy atom. The maximum absolute atomic E-state index is 14.3. The first-order valence-electron chi connectivity index (χ1n) is 28.4. The summed E-state index contributed by atoms with van der Waals surface area (Å²) in [6.07, 6.45) is 3.47. The fraction of sp³-hybridized carbons (Fsp3) is 0.368. The van der Waals surface area contributed by atoms with Crippen LogP contribution >= 0.6 is 23.5 Å². The second-order valence-electron chi connectivity index (χ2n) is 22.2. The van der Waals surface area contributed by atoms with Gasteiger partial charge in [-0.3, -0.25) is 19.4 Å². The number of nitrogens with two attached hydrogens (primary N) is 1. The Labute approximate surface area is 505 Å². The number of hydrogen-bond acceptors (Lipinski definition) is 20. The molecule has 1 saturated heterocycles. The number of aliphatic hydroxyl groups excluding tert-OH is 1. The Morgan fingerprint density at radius 2 is 1.66 bits per heavy atom. The Balaban J connectivity index is 0.743. The van der Waals surface area contributed by atoms with Crippen molar-refractivity contribution in [3.8, 4) is 23.3 Å². The molecule has 6 aromatic rings. The highest BCUT2D eigenvalue weighted by molar-refractivity contribution is 7.66. The smallest absolute Gasteiger partial charge is 0.490 e. The molecule has 8 heterocycles. The van der Waals surface area contributed by atoms with Crippen LogP contribution in [0, 0.1) is 22.0 Å². The van der Waals surface area contributed by atoms with Gasteiger partial charge in [-0.1, -0.05) is 24.0 Å². The number of ether oxygens (including phenoxy) is 3. The lowest BCUT2D eigenvalue weighted by molar-refractivity contribution is -0.386. The number of aliphatic hydroxyl groups is 1. The SMILES string of the molecule is CC(OC(=O)NCC#Cc1cn([C@H]2C[C@H](O)[C@@H](COP(=O)(O)OP(=O)(O)OP(=O)(O)O)O2)c2ncnc(N)c12)c1cc(CNC(=O)c2ccc(C(=O)[O-])c(C3=c4cc5c6c(c4Oc4c3cc3c7c4CCCN7CCC3)CCC[N+]=6CCC5)c2)ccc1[N+](=O)[O-]. The molecule has 3 unspecified atom stereocenters. The Kier molecular flexibility index (Phi) is 16.6. The van der Waals surface area contributed by atoms with Gasteiger partial charge in [-0.15, -0.1) is 0 Å². The zero-order chi connectivity index (χ0) is 62.8. The molecule has 32 heteroatoms. The Bertz CT molecular complexity index is 4350. The van der Waals surface area contributed by atoms with Crippen LogP contribution in [0.15, 0.2) is 61.1 Å². The van der Waals surface area contributed by atoms with E-state index in [0.717, 1.165) is 106 Å². The number of phosphoric acid groups is 3. The van der Waals surface area contributed by atoms with Gasteiger partial charge in [0.25, 0.3) is 11.6 Å². The molecule has 0 saturated carbocycles. The summed E-state index contributed by atoms with van der Waals surface area (Å²) in [4.78, 5) is 100. The third kappa shape index (κ3) is 12.4. The van der Waals surface area contributed by atoms with E-state index in [0.29, 0.717) is 28.2 Å². The van der Waals surface area contributed by atoms with Crippen molar-refractivity contribution in [1.82, 2.24) is 29.7 Å². The van der Waals surface area contributed by atoms with Crippen molar-refractivity contribution >= 4 is 75.2 Å². The van der Waals surface area contributed by atoms with Crippen molar-refractivity contribution in [2.75, 3.05) is 50.0 Å². The number of rotatable bonds is 17. The van der Waals surface area contributed by atoms with Gasteiger partial charge >= 0.3 is 29.6 Å². The van der Waals surface area contributed by atoms with Gasteiger partial charge in [0.05, 0.1) is 52.2 Å². The Hall–Kier alpha value is -7.93. The quantitative estimate of drug-likeness (QED) is 0.0213. The summed E-state index contributed by atoms with van der Waals surface area (Å²) in [5.41, 5.74) is 14.2. The highest BCUT2D eigenvalue weighted by Gasteiger charge is 2.44. The number of carboxylic acid groups (broad SMARTS) is 1. The standard InChI is InChI=1S/C57H58N9O20P3/c1-30(82-57(71)59-16-2-7-35-27-65(54-47(35)53(58)61-29-62-54)46-25-44(67)45(83-46)28-81-88(77,78)86-89(79,80)85-87(74,75)76)39-21-31(12-15-43(39)66(72)73)26-60-55(68)34-13-14-36(56(69)70)40(24-34)48-41-22-32-8-3-17-63-19-5-10-37(49(32)63)51(41)84-52-38-11-6-20-64-18-4-9-33(50(38)64)23-42(48)52/h12-15,21-24,27,29-30,44-46,67H,3-6,8-11,16-20,25-26,28H2,1H3,(H8-,58,59,60,61,62,68,69,70,71,74,75,76,77,78,79,80)/t30?,44-,45+,46+/m0/s1. The normalized spacial score (nSPS) is 19.8. The number of anilines is 2. The number of aromatic nitrogens is 3. The third-order valence-electron chi connectivity index (χ3n) is 16.4. The van der Waals surface area contributed by atoms with E-state index in [1.54, 1.807) is 6.07 Å². The fourth-order valence-corrected chi connectivity index (χ4v) is 15.8. The van der Waals surface area contributed by atoms with Crippen LogP contribution in [0.25, 0.3) is 16.6 Å². The number of hydrogen-bond donors (Lipinski definition) is 8. The van der Waals surface area contributed by atoms with Gasteiger partial charge in [-0.2, -0.15) is 8.62 Å². The molecular formula is C57H58N9O20P3. The first-order chi connectivity index (χ1) is 42.4. The summed E-state index contributed by atoms with van der Waals surface area (Å²) in [5, 5.41) is 43.8. The molecule has 466 valence electrons. The maximum atomic E-state index is 14.3. The number of carboxylic acids is 1. The minimum absolute atomic E-state index is 0.00399. The molecule has 89 heavy (non-hydrogen) atoms. The van der Waals surface area contributed by atoms with Gasteiger partial charge in [0.2, 0.25) is 5.36 Å². The van der Waals surface area contributed by atoms with Crippen LogP contribution in [0.3, 0.4) is 0 Å². The van der Waals surface area contributed by atoms with E-state index in [9.17, 15) is 58.2 Å². The zero-order valence-corrected chi connectivity index (χ0v) is 50.0. The number of nitro benzene ring substituents is 1. The summed E-state index contributed by atoms with van der Waals surface area (Å²) in [7, 11) is -17.0. The number of carbonyl (C=O) groups is 3. The second kappa shape index (κ2) is 24.1. The number of aryl methyl sites for hydroxylation is 2. The van der Waals surface area contributed by atoms with Crippen LogP contribution < -0.4 is 46.3 Å². The third-order valence-corrected chi connectivity index (χ3v) is 20.2. The molecule has 0 spiro atoms. The van der Waals surface area contributed by atoms with Gasteiger partial charge in [-0.05, 0) is 92.5 Å². The topological polar surface area (TPSA) is 412 Å². The number of nitrogens with zero attached hydrogens (tertiary/aromatic N) is 6. The van der Waals surface area contributed by atoms with Gasteiger partial charge < -0.3 is 74.6 Å². The number of phosphoric ester groups is 1. The van der Waals surface area contributed by atoms with Gasteiger partial charge in [-0.25, -0.2) is 33.0 Å². The molecular weight excluding hydrogens is 1220 g/mol. The van der Waals surface area contributed by atoms with E-state index >= 15 is 0 Å². The van der Waals surface area contributed by atoms with Gasteiger partial charge in [0.15, 0.2) is 0 Å². The summed E-state index contributed by atoms with van der Waals surface area (Å²) in [6, 6.07) is 12.8. The van der Waals surface area contributed by atoms with Crippen molar-refractivity contribution in [1.29, 1.82) is 0 Å². The van der Waals surface area contributed by atoms with Crippen molar-refractivity contribution in [2.45, 2.75) is 95.8 Å². The minimum Gasteiger partial charge on any atom is -0.545 e. The second-order valence-corrected chi connectivity index (χ2v) is 26.6. The van der Waals surface area contributed by atoms with Crippen LogP contribution in [-0.4, -0.2) is 114 Å². The van der Waals surface area contributed by atoms with E-state index in [2.05, 4.69) is 67.2 Å². The van der Waals surface area contributed by atoms with Crippen LogP contribution in [0.1, 0.15) is 122 Å². The lowest BCUT2D eigenvalue weighted by atomic mass is 9.81. The number of carbonyl (C=O) groups excluding carboxylic acids is 3. The first kappa shape index (κ1) is 61.3. The molecule has 6 aliphatic rings. The predicted molar refractivity (Wildman–Crippen MR) is 311 cm³/mol. The fourth-order valence-electron chi connectivity index (χ4n) is 12.8. The number of alkyl carbamates (subject to hydrolysis) is 1. The molecule has 1 fully saturated rings. The molecule has 12 rings (SSSR count). The largest absolute Gasteiger partial charge is 0.545 e. The van der Waals surface area contributed by atoms with Gasteiger partial charge in [0.1, 0.15) is 60.8 Å². The van der Waals surface area contributed by atoms with Gasteiger partial charge in [0, 0.05) is 95.5 Å². The number of amides is 2. The average molecular weight is 1280 g/mol. The zero-order valence-electron chi connectivity index (χ0n) is 47.4. The van der Waals surface area contributed by atoms with Crippen LogP contribution in [0.5, 0.6) is 11.5 Å². The lowest BCUT2D eigenvalue weighted by Gasteiger charge is -2.39. The maximum Gasteiger partial charge on any atom is 0.490 e. The van der Waals surface area contributed by atoms with E-state index in [4.69, 9.17) is 29.7 Å². The number of nitrogen functional groups attached to an aromatic ring is 1. The molecule has 0 bridgehead atoms. The molecule has 9 N–H and O–H groups in total. The summed E-state index contributed by atoms with van der Waals surface area (Å²) in [6.45, 7) is 3.80. The summed E-state index contributed by atoms with van der Waals surface area (Å²) >= 11 is 0. The number of aromatic carboxylic acids is 1. The monoisotopic (exact) mass is 1280 g/mol. The predicted octanol–water partition coefficient (Wildman–Crippen LogP) is 3.48. The highest BCUT2D eigenvalue weighted by Crippen LogP contribution is 2.66. The molecule has 4 aromatic carbocycles. The highest BCUT2D eigenvalue weighted by atomic mass is 31.3. The van der Waals surface area contributed by atoms with E-state index in [-0.39, 0.29) is 64.3 Å². The molecule has 29 nitrogen and oxygen atoms in total. The van der Waals surface area contributed by atoms with Crippen molar-refractivity contribution in [3.63, 3.8) is 0 Å². The number of nitro groups is 1. The van der Waals surface area contributed by atoms with E-state index < -0.39 is 77.5 Å². The number of fused-ring (bicyclic) bond motifs is 5. The summed E-state index contributed by atoms with van der Waals surface area (Å²) in [5.74, 6) is 5.03. The molecule has 0 radical (unpaired) electrons. The van der Waals surface area contributed by atoms with Crippen LogP contribution in [0.2, 0.25) is 0 Å². The molecule has 2 aromatic heterocycles. The van der Waals surface area contributed by atoms with Crippen LogP contribution in [0.4, 0.5) is 22.0 Å². The molecule has 2 amide bonds. The molecule has 0 aliphatic carbocycles. The molecule has 6 atom stereocenters. The van der Waals surface area contributed by atoms with Crippen molar-refractivity contribution in [3.05, 3.63) is 143 Å². The lowest BCUT2D eigenvalue weighted by Crippen LogP contribution is -2.45. The number of benzene rings is 4. The van der Waals surface area contributed by atoms with Crippen molar-refractivity contribution in [2.24, 2.45) is 0 Å². The van der Waals surface area contributed by atoms with Crippen LogP contribution in [-0.2, 0) is 68.5 Å². The Morgan fingerprint density at radius 1 is 0.910 bits per heavy atom. The van der Waals surface area contributed by atoms with E-state index in [1.165, 1.54) is 70.2 Å².